The van der Waals surface area contributed by atoms with Gasteiger partial charge >= 0.3 is 0 Å². The van der Waals surface area contributed by atoms with Crippen molar-refractivity contribution >= 4 is 21.4 Å². The van der Waals surface area contributed by atoms with Crippen molar-refractivity contribution in [1.82, 2.24) is 10.0 Å². The van der Waals surface area contributed by atoms with Crippen LogP contribution < -0.4 is 10.0 Å². The lowest BCUT2D eigenvalue weighted by Crippen LogP contribution is -2.34. The Morgan fingerprint density at radius 1 is 1.47 bits per heavy atom. The van der Waals surface area contributed by atoms with Crippen molar-refractivity contribution in [2.45, 2.75) is 37.8 Å². The van der Waals surface area contributed by atoms with Crippen molar-refractivity contribution in [3.05, 3.63) is 15.8 Å². The normalized spacial score (nSPS) is 13.7. The number of ether oxygens (including phenoxy) is 1. The molecule has 0 aromatic carbocycles. The monoisotopic (exact) mass is 306 g/mol. The van der Waals surface area contributed by atoms with Crippen LogP contribution in [0.5, 0.6) is 0 Å². The quantitative estimate of drug-likeness (QED) is 0.763. The average Bonchev–Trinajstić information content (AvgIpc) is 2.68. The molecule has 1 heterocycles. The maximum atomic E-state index is 12.4. The standard InChI is InChI=1S/C12H22N2O3S2/c1-9-8-18-11(7-13-3)12(9)19(15,16)14-10(2)5-6-17-4/h8,10,13-14H,5-7H2,1-4H3. The molecule has 1 aromatic heterocycles. The molecule has 0 bridgehead atoms. The van der Waals surface area contributed by atoms with Crippen molar-refractivity contribution < 1.29 is 13.2 Å². The van der Waals surface area contributed by atoms with Gasteiger partial charge in [-0.05, 0) is 38.3 Å². The molecule has 1 rings (SSSR count). The summed E-state index contributed by atoms with van der Waals surface area (Å²) in [6.45, 7) is 4.76. The number of rotatable bonds is 8. The first-order chi connectivity index (χ1) is 8.92. The molecule has 0 aliphatic carbocycles. The summed E-state index contributed by atoms with van der Waals surface area (Å²) in [5, 5.41) is 4.87. The fourth-order valence-electron chi connectivity index (χ4n) is 1.81. The molecule has 0 radical (unpaired) electrons. The number of aryl methyl sites for hydroxylation is 1. The van der Waals surface area contributed by atoms with Gasteiger partial charge in [-0.2, -0.15) is 0 Å². The van der Waals surface area contributed by atoms with Gasteiger partial charge in [0.1, 0.15) is 4.90 Å². The third-order valence-corrected chi connectivity index (χ3v) is 5.76. The van der Waals surface area contributed by atoms with Gasteiger partial charge in [-0.1, -0.05) is 0 Å². The van der Waals surface area contributed by atoms with E-state index in [1.54, 1.807) is 14.2 Å². The van der Waals surface area contributed by atoms with Crippen molar-refractivity contribution in [1.29, 1.82) is 0 Å². The smallest absolute Gasteiger partial charge is 0.242 e. The Bertz CT molecular complexity index is 497. The largest absolute Gasteiger partial charge is 0.385 e. The van der Waals surface area contributed by atoms with E-state index in [1.807, 2.05) is 19.2 Å². The Kier molecular flexibility index (Phi) is 6.41. The predicted octanol–water partition coefficient (Wildman–Crippen LogP) is 1.48. The zero-order valence-electron chi connectivity index (χ0n) is 11.8. The third-order valence-electron chi connectivity index (χ3n) is 2.71. The highest BCUT2D eigenvalue weighted by molar-refractivity contribution is 7.89. The molecule has 0 amide bonds. The van der Waals surface area contributed by atoms with Crippen LogP contribution in [0.4, 0.5) is 0 Å². The number of hydrogen-bond donors (Lipinski definition) is 2. The van der Waals surface area contributed by atoms with Crippen LogP contribution in [0.2, 0.25) is 0 Å². The Hall–Kier alpha value is -0.470. The summed E-state index contributed by atoms with van der Waals surface area (Å²) < 4.78 is 32.5. The highest BCUT2D eigenvalue weighted by Crippen LogP contribution is 2.26. The maximum absolute atomic E-state index is 12.4. The van der Waals surface area contributed by atoms with Crippen molar-refractivity contribution in [2.75, 3.05) is 20.8 Å². The maximum Gasteiger partial charge on any atom is 0.242 e. The average molecular weight is 306 g/mol. The molecule has 5 nitrogen and oxygen atoms in total. The van der Waals surface area contributed by atoms with Gasteiger partial charge in [-0.15, -0.1) is 11.3 Å². The van der Waals surface area contributed by atoms with Gasteiger partial charge in [0.05, 0.1) is 0 Å². The van der Waals surface area contributed by atoms with E-state index in [0.29, 0.717) is 24.5 Å². The summed E-state index contributed by atoms with van der Waals surface area (Å²) in [5.41, 5.74) is 0.793. The van der Waals surface area contributed by atoms with Gasteiger partial charge in [0.25, 0.3) is 0 Å². The van der Waals surface area contributed by atoms with Crippen LogP contribution in [0.3, 0.4) is 0 Å². The van der Waals surface area contributed by atoms with Crippen LogP contribution in [0.1, 0.15) is 23.8 Å². The van der Waals surface area contributed by atoms with Crippen LogP contribution in [0.15, 0.2) is 10.3 Å². The minimum atomic E-state index is -3.47. The molecule has 1 atom stereocenters. The Labute approximate surface area is 119 Å². The topological polar surface area (TPSA) is 67.4 Å². The molecule has 7 heteroatoms. The molecule has 1 unspecified atom stereocenters. The first-order valence-corrected chi connectivity index (χ1v) is 8.51. The molecular weight excluding hydrogens is 284 g/mol. The molecule has 0 saturated carbocycles. The first-order valence-electron chi connectivity index (χ1n) is 6.15. The molecule has 2 N–H and O–H groups in total. The minimum absolute atomic E-state index is 0.147. The van der Waals surface area contributed by atoms with Gasteiger partial charge in [0.15, 0.2) is 0 Å². The van der Waals surface area contributed by atoms with E-state index in [2.05, 4.69) is 10.0 Å². The second kappa shape index (κ2) is 7.35. The van der Waals surface area contributed by atoms with Gasteiger partial charge < -0.3 is 10.1 Å². The lowest BCUT2D eigenvalue weighted by molar-refractivity contribution is 0.188. The van der Waals surface area contributed by atoms with E-state index in [-0.39, 0.29) is 6.04 Å². The summed E-state index contributed by atoms with van der Waals surface area (Å²) in [5.74, 6) is 0. The van der Waals surface area contributed by atoms with Crippen LogP contribution in [0, 0.1) is 6.92 Å². The summed E-state index contributed by atoms with van der Waals surface area (Å²) in [7, 11) is -0.0532. The van der Waals surface area contributed by atoms with Crippen molar-refractivity contribution in [2.24, 2.45) is 0 Å². The Morgan fingerprint density at radius 2 is 2.16 bits per heavy atom. The fourth-order valence-corrected chi connectivity index (χ4v) is 4.91. The van der Waals surface area contributed by atoms with Gasteiger partial charge in [0, 0.05) is 31.2 Å². The molecule has 19 heavy (non-hydrogen) atoms. The molecule has 0 aliphatic heterocycles. The first kappa shape index (κ1) is 16.6. The number of hydrogen-bond acceptors (Lipinski definition) is 5. The third kappa shape index (κ3) is 4.54. The summed E-state index contributed by atoms with van der Waals surface area (Å²) >= 11 is 1.47. The molecule has 110 valence electrons. The van der Waals surface area contributed by atoms with E-state index in [4.69, 9.17) is 4.74 Å². The summed E-state index contributed by atoms with van der Waals surface area (Å²) in [4.78, 5) is 1.25. The van der Waals surface area contributed by atoms with E-state index in [0.717, 1.165) is 10.4 Å². The van der Waals surface area contributed by atoms with E-state index < -0.39 is 10.0 Å². The van der Waals surface area contributed by atoms with Crippen LogP contribution in [-0.4, -0.2) is 35.2 Å². The van der Waals surface area contributed by atoms with E-state index in [9.17, 15) is 8.42 Å². The molecular formula is C12H22N2O3S2. The summed E-state index contributed by atoms with van der Waals surface area (Å²) in [6.07, 6.45) is 0.653. The SMILES string of the molecule is CNCc1scc(C)c1S(=O)(=O)NC(C)CCOC. The lowest BCUT2D eigenvalue weighted by Gasteiger charge is -2.15. The number of methoxy groups -OCH3 is 1. The van der Waals surface area contributed by atoms with Crippen molar-refractivity contribution in [3.63, 3.8) is 0 Å². The molecule has 0 aliphatic rings. The minimum Gasteiger partial charge on any atom is -0.385 e. The van der Waals surface area contributed by atoms with Crippen molar-refractivity contribution in [3.8, 4) is 0 Å². The molecule has 0 fully saturated rings. The Balaban J connectivity index is 2.90. The number of sulfonamides is 1. The van der Waals surface area contributed by atoms with E-state index >= 15 is 0 Å². The second-order valence-corrected chi connectivity index (χ2v) is 7.12. The lowest BCUT2D eigenvalue weighted by atomic mass is 10.3. The second-order valence-electron chi connectivity index (χ2n) is 4.51. The zero-order valence-corrected chi connectivity index (χ0v) is 13.5. The highest BCUT2D eigenvalue weighted by atomic mass is 32.2. The predicted molar refractivity (Wildman–Crippen MR) is 78.1 cm³/mol. The van der Waals surface area contributed by atoms with Crippen LogP contribution in [-0.2, 0) is 21.3 Å². The molecule has 1 aromatic rings. The number of thiophene rings is 1. The van der Waals surface area contributed by atoms with Gasteiger partial charge in [-0.25, -0.2) is 13.1 Å². The fraction of sp³-hybridized carbons (Fsp3) is 0.667. The molecule has 0 spiro atoms. The van der Waals surface area contributed by atoms with E-state index in [1.165, 1.54) is 11.3 Å². The zero-order chi connectivity index (χ0) is 14.5. The van der Waals surface area contributed by atoms with Crippen LogP contribution in [0.25, 0.3) is 0 Å². The van der Waals surface area contributed by atoms with Gasteiger partial charge in [0.2, 0.25) is 10.0 Å². The molecule has 0 saturated heterocycles. The van der Waals surface area contributed by atoms with Crippen LogP contribution >= 0.6 is 11.3 Å². The summed E-state index contributed by atoms with van der Waals surface area (Å²) in [6, 6.07) is -0.147. The van der Waals surface area contributed by atoms with Gasteiger partial charge in [-0.3, -0.25) is 0 Å². The number of nitrogens with one attached hydrogen (secondary N) is 2. The Morgan fingerprint density at radius 3 is 2.74 bits per heavy atom. The highest BCUT2D eigenvalue weighted by Gasteiger charge is 2.24.